The first kappa shape index (κ1) is 18.1. The quantitative estimate of drug-likeness (QED) is 0.690. The fourth-order valence-electron chi connectivity index (χ4n) is 1.64. The third-order valence-corrected chi connectivity index (χ3v) is 2.37. The number of amides is 1. The Morgan fingerprint density at radius 1 is 1.16 bits per heavy atom. The summed E-state index contributed by atoms with van der Waals surface area (Å²) in [6.07, 6.45) is -0.729. The molecule has 0 radical (unpaired) electrons. The molecule has 0 bridgehead atoms. The summed E-state index contributed by atoms with van der Waals surface area (Å²) in [6.45, 7) is 9.89. The van der Waals surface area contributed by atoms with Gasteiger partial charge in [0.15, 0.2) is 6.29 Å². The molecule has 0 spiro atoms. The van der Waals surface area contributed by atoms with Crippen LogP contribution < -0.4 is 10.6 Å². The lowest BCUT2D eigenvalue weighted by atomic mass is 10.2. The number of carbonyl (C=O) groups is 1. The molecule has 19 heavy (non-hydrogen) atoms. The molecule has 1 amide bonds. The van der Waals surface area contributed by atoms with Crippen molar-refractivity contribution in [3.8, 4) is 0 Å². The van der Waals surface area contributed by atoms with Crippen molar-refractivity contribution in [2.75, 3.05) is 20.8 Å². The molecule has 2 unspecified atom stereocenters. The zero-order valence-corrected chi connectivity index (χ0v) is 13.1. The molecule has 0 aromatic rings. The van der Waals surface area contributed by atoms with Crippen LogP contribution in [0.25, 0.3) is 0 Å². The van der Waals surface area contributed by atoms with Crippen molar-refractivity contribution in [1.82, 2.24) is 10.6 Å². The monoisotopic (exact) mass is 276 g/mol. The predicted molar refractivity (Wildman–Crippen MR) is 74.1 cm³/mol. The number of methoxy groups -OCH3 is 2. The molecule has 0 heterocycles. The van der Waals surface area contributed by atoms with Crippen molar-refractivity contribution >= 4 is 6.09 Å². The van der Waals surface area contributed by atoms with E-state index in [-0.39, 0.29) is 18.4 Å². The van der Waals surface area contributed by atoms with Gasteiger partial charge in [-0.3, -0.25) is 0 Å². The van der Waals surface area contributed by atoms with Crippen LogP contribution in [0.5, 0.6) is 0 Å². The molecule has 2 N–H and O–H groups in total. The standard InChI is InChI=1S/C13H28N2O4/c1-9(15-10(2)11(17-6)18-7)8-14-12(16)19-13(3,4)5/h9-11,15H,8H2,1-7H3,(H,14,16). The number of hydrogen-bond donors (Lipinski definition) is 2. The summed E-state index contributed by atoms with van der Waals surface area (Å²) >= 11 is 0. The molecule has 0 aliphatic heterocycles. The van der Waals surface area contributed by atoms with Crippen LogP contribution in [0.4, 0.5) is 4.79 Å². The first-order valence-corrected chi connectivity index (χ1v) is 6.48. The van der Waals surface area contributed by atoms with Crippen LogP contribution in [0, 0.1) is 0 Å². The van der Waals surface area contributed by atoms with Gasteiger partial charge in [0.2, 0.25) is 0 Å². The molecule has 0 fully saturated rings. The number of alkyl carbamates (subject to hydrolysis) is 1. The van der Waals surface area contributed by atoms with E-state index in [1.54, 1.807) is 14.2 Å². The maximum absolute atomic E-state index is 11.5. The van der Waals surface area contributed by atoms with Gasteiger partial charge in [-0.15, -0.1) is 0 Å². The lowest BCUT2D eigenvalue weighted by Gasteiger charge is -2.26. The molecule has 6 nitrogen and oxygen atoms in total. The highest BCUT2D eigenvalue weighted by Crippen LogP contribution is 2.06. The van der Waals surface area contributed by atoms with Crippen LogP contribution in [0.15, 0.2) is 0 Å². The van der Waals surface area contributed by atoms with E-state index >= 15 is 0 Å². The van der Waals surface area contributed by atoms with Gasteiger partial charge in [0.05, 0.1) is 6.04 Å². The van der Waals surface area contributed by atoms with Gasteiger partial charge >= 0.3 is 6.09 Å². The van der Waals surface area contributed by atoms with E-state index in [0.717, 1.165) is 0 Å². The molecular weight excluding hydrogens is 248 g/mol. The Kier molecular flexibility index (Phi) is 7.97. The number of nitrogens with one attached hydrogen (secondary N) is 2. The van der Waals surface area contributed by atoms with Gasteiger partial charge in [-0.25, -0.2) is 4.79 Å². The van der Waals surface area contributed by atoms with E-state index in [9.17, 15) is 4.79 Å². The van der Waals surface area contributed by atoms with Gasteiger partial charge in [-0.2, -0.15) is 0 Å². The number of carbonyl (C=O) groups excluding carboxylic acids is 1. The Bertz CT molecular complexity index is 262. The van der Waals surface area contributed by atoms with E-state index in [1.165, 1.54) is 0 Å². The zero-order valence-electron chi connectivity index (χ0n) is 13.1. The highest BCUT2D eigenvalue weighted by molar-refractivity contribution is 5.67. The lowest BCUT2D eigenvalue weighted by Crippen LogP contribution is -2.48. The largest absolute Gasteiger partial charge is 0.444 e. The molecule has 0 saturated carbocycles. The highest BCUT2D eigenvalue weighted by atomic mass is 16.7. The number of hydrogen-bond acceptors (Lipinski definition) is 5. The fourth-order valence-corrected chi connectivity index (χ4v) is 1.64. The van der Waals surface area contributed by atoms with Crippen LogP contribution in [0.3, 0.4) is 0 Å². The van der Waals surface area contributed by atoms with Crippen LogP contribution in [0.1, 0.15) is 34.6 Å². The molecule has 0 aliphatic rings. The van der Waals surface area contributed by atoms with Crippen molar-refractivity contribution in [3.05, 3.63) is 0 Å². The summed E-state index contributed by atoms with van der Waals surface area (Å²) in [5, 5.41) is 5.99. The number of rotatable bonds is 7. The fraction of sp³-hybridized carbons (Fsp3) is 0.923. The smallest absolute Gasteiger partial charge is 0.407 e. The second kappa shape index (κ2) is 8.35. The molecule has 0 aromatic heterocycles. The van der Waals surface area contributed by atoms with E-state index in [2.05, 4.69) is 10.6 Å². The van der Waals surface area contributed by atoms with Crippen molar-refractivity contribution in [1.29, 1.82) is 0 Å². The second-order valence-corrected chi connectivity index (χ2v) is 5.58. The maximum atomic E-state index is 11.5. The van der Waals surface area contributed by atoms with Gasteiger partial charge in [-0.1, -0.05) is 0 Å². The summed E-state index contributed by atoms with van der Waals surface area (Å²) in [7, 11) is 3.19. The van der Waals surface area contributed by atoms with Crippen molar-refractivity contribution in [2.24, 2.45) is 0 Å². The minimum Gasteiger partial charge on any atom is -0.444 e. The van der Waals surface area contributed by atoms with Crippen molar-refractivity contribution < 1.29 is 19.0 Å². The Hall–Kier alpha value is -0.850. The van der Waals surface area contributed by atoms with Gasteiger partial charge in [0.25, 0.3) is 0 Å². The minimum absolute atomic E-state index is 0.0189. The second-order valence-electron chi connectivity index (χ2n) is 5.58. The van der Waals surface area contributed by atoms with Crippen LogP contribution in [-0.4, -0.2) is 50.8 Å². The maximum Gasteiger partial charge on any atom is 0.407 e. The summed E-state index contributed by atoms with van der Waals surface area (Å²) in [6, 6.07) is 0.0979. The summed E-state index contributed by atoms with van der Waals surface area (Å²) in [5.41, 5.74) is -0.481. The van der Waals surface area contributed by atoms with Gasteiger partial charge in [0.1, 0.15) is 5.60 Å². The molecule has 2 atom stereocenters. The minimum atomic E-state index is -0.481. The van der Waals surface area contributed by atoms with E-state index in [4.69, 9.17) is 14.2 Å². The highest BCUT2D eigenvalue weighted by Gasteiger charge is 2.19. The third kappa shape index (κ3) is 8.80. The van der Waals surface area contributed by atoms with E-state index in [0.29, 0.717) is 6.54 Å². The molecule has 114 valence electrons. The zero-order chi connectivity index (χ0) is 15.1. The third-order valence-electron chi connectivity index (χ3n) is 2.37. The van der Waals surface area contributed by atoms with Gasteiger partial charge in [-0.05, 0) is 34.6 Å². The normalized spacial score (nSPS) is 15.2. The first-order valence-electron chi connectivity index (χ1n) is 6.48. The summed E-state index contributed by atoms with van der Waals surface area (Å²) < 4.78 is 15.5. The lowest BCUT2D eigenvalue weighted by molar-refractivity contribution is -0.120. The predicted octanol–water partition coefficient (Wildman–Crippen LogP) is 1.50. The van der Waals surface area contributed by atoms with Crippen LogP contribution >= 0.6 is 0 Å². The Morgan fingerprint density at radius 2 is 1.68 bits per heavy atom. The topological polar surface area (TPSA) is 68.8 Å². The van der Waals surface area contributed by atoms with E-state index in [1.807, 2.05) is 34.6 Å². The van der Waals surface area contributed by atoms with Crippen molar-refractivity contribution in [2.45, 2.75) is 58.6 Å². The average Bonchev–Trinajstić information content (AvgIpc) is 2.25. The van der Waals surface area contributed by atoms with Crippen LogP contribution in [-0.2, 0) is 14.2 Å². The van der Waals surface area contributed by atoms with Gasteiger partial charge < -0.3 is 24.8 Å². The van der Waals surface area contributed by atoms with E-state index < -0.39 is 11.7 Å². The first-order chi connectivity index (χ1) is 8.69. The van der Waals surface area contributed by atoms with Gasteiger partial charge in [0, 0.05) is 26.8 Å². The Labute approximate surface area is 116 Å². The Morgan fingerprint density at radius 3 is 2.11 bits per heavy atom. The molecule has 6 heteroatoms. The van der Waals surface area contributed by atoms with Crippen molar-refractivity contribution in [3.63, 3.8) is 0 Å². The SMILES string of the molecule is COC(OC)C(C)NC(C)CNC(=O)OC(C)(C)C. The molecule has 0 rings (SSSR count). The summed E-state index contributed by atoms with van der Waals surface area (Å²) in [5.74, 6) is 0. The summed E-state index contributed by atoms with van der Waals surface area (Å²) in [4.78, 5) is 11.5. The molecular formula is C13H28N2O4. The average molecular weight is 276 g/mol. The van der Waals surface area contributed by atoms with Crippen LogP contribution in [0.2, 0.25) is 0 Å². The Balaban J connectivity index is 3.98. The molecule has 0 saturated heterocycles. The molecule has 0 aliphatic carbocycles. The molecule has 0 aromatic carbocycles. The number of ether oxygens (including phenoxy) is 3.